The molecule has 1 unspecified atom stereocenters. The smallest absolute Gasteiger partial charge is 0.191 e. The molecule has 30 heavy (non-hydrogen) atoms. The van der Waals surface area contributed by atoms with E-state index in [0.717, 1.165) is 48.8 Å². The van der Waals surface area contributed by atoms with E-state index in [4.69, 9.17) is 9.47 Å². The van der Waals surface area contributed by atoms with Gasteiger partial charge in [0.2, 0.25) is 0 Å². The summed E-state index contributed by atoms with van der Waals surface area (Å²) in [5.74, 6) is 1.59. The fraction of sp³-hybridized carbons (Fsp3) is 0.435. The molecule has 0 saturated carbocycles. The van der Waals surface area contributed by atoms with Crippen LogP contribution in [0.2, 0.25) is 0 Å². The number of nitrogens with zero attached hydrogens (tertiary/aromatic N) is 1. The number of aliphatic imine (C=N–C) groups is 1. The molecule has 1 saturated heterocycles. The number of benzene rings is 2. The molecule has 0 radical (unpaired) electrons. The van der Waals surface area contributed by atoms with Crippen LogP contribution < -0.4 is 15.4 Å². The molecule has 0 bridgehead atoms. The first-order chi connectivity index (χ1) is 14.2. The van der Waals surface area contributed by atoms with Gasteiger partial charge in [0.25, 0.3) is 0 Å². The summed E-state index contributed by atoms with van der Waals surface area (Å²) in [5, 5.41) is 16.1. The van der Waals surface area contributed by atoms with Crippen LogP contribution in [0, 0.1) is 5.41 Å². The van der Waals surface area contributed by atoms with Crippen molar-refractivity contribution >= 4 is 29.9 Å². The van der Waals surface area contributed by atoms with E-state index in [1.807, 2.05) is 36.4 Å². The first-order valence-corrected chi connectivity index (χ1v) is 10.1. The fourth-order valence-corrected chi connectivity index (χ4v) is 3.48. The van der Waals surface area contributed by atoms with Gasteiger partial charge in [0.05, 0.1) is 6.61 Å². The minimum atomic E-state index is -0.0163. The van der Waals surface area contributed by atoms with Crippen molar-refractivity contribution < 1.29 is 14.6 Å². The Balaban J connectivity index is 0.00000320. The molecule has 3 N–H and O–H groups in total. The van der Waals surface area contributed by atoms with Crippen molar-refractivity contribution in [1.29, 1.82) is 0 Å². The molecular weight excluding hydrogens is 493 g/mol. The Morgan fingerprint density at radius 2 is 1.93 bits per heavy atom. The van der Waals surface area contributed by atoms with Gasteiger partial charge in [0.15, 0.2) is 5.96 Å². The van der Waals surface area contributed by atoms with E-state index in [2.05, 4.69) is 33.8 Å². The van der Waals surface area contributed by atoms with Crippen molar-refractivity contribution in [2.45, 2.75) is 26.0 Å². The number of guanidine groups is 1. The highest BCUT2D eigenvalue weighted by Crippen LogP contribution is 2.31. The van der Waals surface area contributed by atoms with Crippen LogP contribution in [0.3, 0.4) is 0 Å². The van der Waals surface area contributed by atoms with Crippen LogP contribution in [0.1, 0.15) is 24.0 Å². The maximum atomic E-state index is 9.37. The van der Waals surface area contributed by atoms with Gasteiger partial charge in [-0.25, -0.2) is 0 Å². The summed E-state index contributed by atoms with van der Waals surface area (Å²) in [7, 11) is 1.76. The average Bonchev–Trinajstić information content (AvgIpc) is 3.22. The highest BCUT2D eigenvalue weighted by molar-refractivity contribution is 14.0. The molecular formula is C23H32IN3O3. The molecule has 2 aromatic rings. The third-order valence-corrected chi connectivity index (χ3v) is 5.29. The molecule has 1 heterocycles. The zero-order chi connectivity index (χ0) is 20.4. The van der Waals surface area contributed by atoms with E-state index in [1.165, 1.54) is 0 Å². The molecule has 0 aliphatic carbocycles. The Hall–Kier alpha value is -1.84. The molecule has 0 aromatic heterocycles. The van der Waals surface area contributed by atoms with Gasteiger partial charge < -0.3 is 25.2 Å². The SMILES string of the molecule is CN=C(NCc1cccc(OCc2ccccc2)c1)NCC1(CCO)CCOC1.I. The van der Waals surface area contributed by atoms with E-state index in [1.54, 1.807) is 7.05 Å². The summed E-state index contributed by atoms with van der Waals surface area (Å²) in [6.45, 7) is 3.53. The van der Waals surface area contributed by atoms with E-state index >= 15 is 0 Å². The number of aliphatic hydroxyl groups is 1. The van der Waals surface area contributed by atoms with Gasteiger partial charge in [-0.1, -0.05) is 42.5 Å². The van der Waals surface area contributed by atoms with Gasteiger partial charge in [-0.2, -0.15) is 0 Å². The van der Waals surface area contributed by atoms with Crippen LogP contribution in [0.4, 0.5) is 0 Å². The standard InChI is InChI=1S/C23H31N3O3.HI/c1-24-22(26-17-23(10-12-27)11-13-28-18-23)25-15-20-8-5-9-21(14-20)29-16-19-6-3-2-4-7-19;/h2-9,14,27H,10-13,15-18H2,1H3,(H2,24,25,26);1H. The fourth-order valence-electron chi connectivity index (χ4n) is 3.48. The quantitative estimate of drug-likeness (QED) is 0.266. The zero-order valence-electron chi connectivity index (χ0n) is 17.5. The minimum Gasteiger partial charge on any atom is -0.489 e. The second-order valence-electron chi connectivity index (χ2n) is 7.48. The lowest BCUT2D eigenvalue weighted by Gasteiger charge is -2.27. The highest BCUT2D eigenvalue weighted by Gasteiger charge is 2.34. The van der Waals surface area contributed by atoms with Crippen LogP contribution in [-0.2, 0) is 17.9 Å². The second kappa shape index (κ2) is 12.8. The predicted molar refractivity (Wildman–Crippen MR) is 130 cm³/mol. The normalized spacial score (nSPS) is 18.5. The summed E-state index contributed by atoms with van der Waals surface area (Å²) in [5.41, 5.74) is 2.25. The van der Waals surface area contributed by atoms with Crippen LogP contribution in [0.25, 0.3) is 0 Å². The van der Waals surface area contributed by atoms with E-state index < -0.39 is 0 Å². The number of nitrogens with one attached hydrogen (secondary N) is 2. The second-order valence-corrected chi connectivity index (χ2v) is 7.48. The molecule has 1 fully saturated rings. The number of ether oxygens (including phenoxy) is 2. The van der Waals surface area contributed by atoms with Crippen molar-refractivity contribution in [3.8, 4) is 5.75 Å². The Morgan fingerprint density at radius 1 is 1.13 bits per heavy atom. The van der Waals surface area contributed by atoms with Gasteiger partial charge in [0.1, 0.15) is 12.4 Å². The van der Waals surface area contributed by atoms with Gasteiger partial charge in [-0.3, -0.25) is 4.99 Å². The van der Waals surface area contributed by atoms with E-state index in [-0.39, 0.29) is 36.0 Å². The summed E-state index contributed by atoms with van der Waals surface area (Å²) in [4.78, 5) is 4.31. The van der Waals surface area contributed by atoms with Crippen molar-refractivity contribution in [3.05, 3.63) is 65.7 Å². The summed E-state index contributed by atoms with van der Waals surface area (Å²) < 4.78 is 11.5. The third kappa shape index (κ3) is 7.45. The number of rotatable bonds is 9. The maximum Gasteiger partial charge on any atom is 0.191 e. The lowest BCUT2D eigenvalue weighted by atomic mass is 9.84. The molecule has 3 rings (SSSR count). The lowest BCUT2D eigenvalue weighted by molar-refractivity contribution is 0.127. The first kappa shape index (κ1) is 24.4. The lowest BCUT2D eigenvalue weighted by Crippen LogP contribution is -2.44. The topological polar surface area (TPSA) is 75.1 Å². The molecule has 7 heteroatoms. The summed E-state index contributed by atoms with van der Waals surface area (Å²) in [6.07, 6.45) is 1.69. The van der Waals surface area contributed by atoms with Crippen LogP contribution in [0.5, 0.6) is 5.75 Å². The molecule has 2 aromatic carbocycles. The van der Waals surface area contributed by atoms with Gasteiger partial charge >= 0.3 is 0 Å². The Morgan fingerprint density at radius 3 is 2.63 bits per heavy atom. The van der Waals surface area contributed by atoms with E-state index in [9.17, 15) is 5.11 Å². The Kier molecular flexibility index (Phi) is 10.4. The monoisotopic (exact) mass is 525 g/mol. The van der Waals surface area contributed by atoms with Crippen molar-refractivity contribution in [3.63, 3.8) is 0 Å². The molecule has 164 valence electrons. The number of aliphatic hydroxyl groups excluding tert-OH is 1. The zero-order valence-corrected chi connectivity index (χ0v) is 19.8. The minimum absolute atomic E-state index is 0. The average molecular weight is 525 g/mol. The van der Waals surface area contributed by atoms with Crippen LogP contribution in [-0.4, -0.2) is 44.5 Å². The van der Waals surface area contributed by atoms with Crippen LogP contribution >= 0.6 is 24.0 Å². The van der Waals surface area contributed by atoms with E-state index in [0.29, 0.717) is 19.8 Å². The maximum absolute atomic E-state index is 9.37. The number of halogens is 1. The number of hydrogen-bond acceptors (Lipinski definition) is 4. The Bertz CT molecular complexity index is 780. The molecule has 1 aliphatic rings. The largest absolute Gasteiger partial charge is 0.489 e. The number of hydrogen-bond donors (Lipinski definition) is 3. The molecule has 1 atom stereocenters. The van der Waals surface area contributed by atoms with Gasteiger partial charge in [-0.15, -0.1) is 24.0 Å². The molecule has 0 spiro atoms. The summed E-state index contributed by atoms with van der Waals surface area (Å²) >= 11 is 0. The summed E-state index contributed by atoms with van der Waals surface area (Å²) in [6, 6.07) is 18.2. The molecule has 1 aliphatic heterocycles. The predicted octanol–water partition coefficient (Wildman–Crippen LogP) is 3.34. The Labute approximate surface area is 196 Å². The first-order valence-electron chi connectivity index (χ1n) is 10.1. The van der Waals surface area contributed by atoms with Crippen molar-refractivity contribution in [2.24, 2.45) is 10.4 Å². The molecule has 6 nitrogen and oxygen atoms in total. The van der Waals surface area contributed by atoms with Crippen molar-refractivity contribution in [1.82, 2.24) is 10.6 Å². The van der Waals surface area contributed by atoms with Crippen LogP contribution in [0.15, 0.2) is 59.6 Å². The third-order valence-electron chi connectivity index (χ3n) is 5.29. The van der Waals surface area contributed by atoms with Gasteiger partial charge in [0, 0.05) is 38.8 Å². The molecule has 0 amide bonds. The highest BCUT2D eigenvalue weighted by atomic mass is 127. The van der Waals surface area contributed by atoms with Crippen molar-refractivity contribution in [2.75, 3.05) is 33.4 Å². The van der Waals surface area contributed by atoms with Gasteiger partial charge in [-0.05, 0) is 36.1 Å².